The Morgan fingerprint density at radius 1 is 1.04 bits per heavy atom. The van der Waals surface area contributed by atoms with Crippen LogP contribution in [-0.2, 0) is 9.53 Å². The zero-order valence-electron chi connectivity index (χ0n) is 16.0. The lowest BCUT2D eigenvalue weighted by Gasteiger charge is -2.12. The van der Waals surface area contributed by atoms with Gasteiger partial charge in [-0.25, -0.2) is 4.79 Å². The fourth-order valence-electron chi connectivity index (χ4n) is 2.75. The first-order valence-corrected chi connectivity index (χ1v) is 8.51. The summed E-state index contributed by atoms with van der Waals surface area (Å²) < 4.78 is 26.4. The normalized spacial score (nSPS) is 14.9. The zero-order valence-corrected chi connectivity index (χ0v) is 16.0. The second-order valence-electron chi connectivity index (χ2n) is 5.99. The van der Waals surface area contributed by atoms with Crippen LogP contribution in [0.3, 0.4) is 0 Å². The van der Waals surface area contributed by atoms with E-state index in [1.54, 1.807) is 63.6 Å². The number of hydrogen-bond donors (Lipinski definition) is 0. The fourth-order valence-corrected chi connectivity index (χ4v) is 2.75. The van der Waals surface area contributed by atoms with Crippen molar-refractivity contribution in [1.29, 1.82) is 0 Å². The second-order valence-corrected chi connectivity index (χ2v) is 5.99. The number of allylic oxidation sites excluding steroid dienone is 1. The van der Waals surface area contributed by atoms with Crippen molar-refractivity contribution in [2.75, 3.05) is 21.3 Å². The molecule has 0 radical (unpaired) electrons. The van der Waals surface area contributed by atoms with Gasteiger partial charge in [-0.05, 0) is 43.3 Å². The topological polar surface area (TPSA) is 80.3 Å². The molecule has 28 heavy (non-hydrogen) atoms. The van der Waals surface area contributed by atoms with Crippen molar-refractivity contribution in [2.45, 2.75) is 13.0 Å². The molecule has 7 heteroatoms. The van der Waals surface area contributed by atoms with Crippen molar-refractivity contribution >= 4 is 17.8 Å². The number of Topliss-reactive ketones (excluding diaryl/α,β-unsaturated/α-hetero) is 1. The van der Waals surface area contributed by atoms with Gasteiger partial charge in [0.05, 0.1) is 26.9 Å². The fraction of sp³-hybridized carbons (Fsp3) is 0.238. The molecular formula is C21H20O7. The number of esters is 1. The quantitative estimate of drug-likeness (QED) is 0.559. The molecule has 0 saturated carbocycles. The van der Waals surface area contributed by atoms with Gasteiger partial charge in [0.2, 0.25) is 5.78 Å². The minimum Gasteiger partial charge on any atom is -0.497 e. The van der Waals surface area contributed by atoms with E-state index in [4.69, 9.17) is 18.9 Å². The first kappa shape index (κ1) is 19.3. The molecule has 1 atom stereocenters. The van der Waals surface area contributed by atoms with E-state index in [9.17, 15) is 9.59 Å². The molecule has 2 aromatic carbocycles. The summed E-state index contributed by atoms with van der Waals surface area (Å²) in [6.07, 6.45) is 0.817. The number of carbonyl (C=O) groups is 2. The van der Waals surface area contributed by atoms with Gasteiger partial charge in [0.25, 0.3) is 0 Å². The predicted molar refractivity (Wildman–Crippen MR) is 101 cm³/mol. The summed E-state index contributed by atoms with van der Waals surface area (Å²) >= 11 is 0. The molecule has 146 valence electrons. The SMILES string of the molecule is COC(=O)C(C)Oc1ccc2c(c1)O/C(=C\c1cc(OC)ccc1OC)C2=O. The van der Waals surface area contributed by atoms with Crippen molar-refractivity contribution in [3.63, 3.8) is 0 Å². The molecule has 0 aromatic heterocycles. The average Bonchev–Trinajstić information content (AvgIpc) is 3.01. The Morgan fingerprint density at radius 3 is 2.46 bits per heavy atom. The third-order valence-corrected chi connectivity index (χ3v) is 4.21. The Labute approximate surface area is 162 Å². The number of fused-ring (bicyclic) bond motifs is 1. The zero-order chi connectivity index (χ0) is 20.3. The monoisotopic (exact) mass is 384 g/mol. The van der Waals surface area contributed by atoms with Crippen molar-refractivity contribution in [2.24, 2.45) is 0 Å². The summed E-state index contributed by atoms with van der Waals surface area (Å²) in [6, 6.07) is 10.0. The Balaban J connectivity index is 1.88. The van der Waals surface area contributed by atoms with Gasteiger partial charge in [-0.1, -0.05) is 0 Å². The molecule has 3 rings (SSSR count). The lowest BCUT2D eigenvalue weighted by molar-refractivity contribution is -0.147. The van der Waals surface area contributed by atoms with Crippen molar-refractivity contribution in [3.05, 3.63) is 53.3 Å². The van der Waals surface area contributed by atoms with Gasteiger partial charge in [-0.3, -0.25) is 4.79 Å². The van der Waals surface area contributed by atoms with Crippen LogP contribution in [0.5, 0.6) is 23.0 Å². The molecule has 0 spiro atoms. The minimum absolute atomic E-state index is 0.153. The van der Waals surface area contributed by atoms with Crippen LogP contribution in [0.15, 0.2) is 42.2 Å². The highest BCUT2D eigenvalue weighted by atomic mass is 16.6. The molecule has 2 aromatic rings. The van der Waals surface area contributed by atoms with Gasteiger partial charge >= 0.3 is 5.97 Å². The lowest BCUT2D eigenvalue weighted by Crippen LogP contribution is -2.24. The van der Waals surface area contributed by atoms with Crippen LogP contribution in [0.1, 0.15) is 22.8 Å². The maximum absolute atomic E-state index is 12.7. The van der Waals surface area contributed by atoms with Gasteiger partial charge in [-0.15, -0.1) is 0 Å². The number of ether oxygens (including phenoxy) is 5. The van der Waals surface area contributed by atoms with Crippen LogP contribution in [-0.4, -0.2) is 39.2 Å². The summed E-state index contributed by atoms with van der Waals surface area (Å²) in [5.74, 6) is 1.35. The first-order chi connectivity index (χ1) is 13.5. The molecule has 0 amide bonds. The Morgan fingerprint density at radius 2 is 1.79 bits per heavy atom. The number of benzene rings is 2. The van der Waals surface area contributed by atoms with Crippen LogP contribution in [0.4, 0.5) is 0 Å². The average molecular weight is 384 g/mol. The highest BCUT2D eigenvalue weighted by Gasteiger charge is 2.28. The number of ketones is 1. The maximum atomic E-state index is 12.7. The Hall–Kier alpha value is -3.48. The smallest absolute Gasteiger partial charge is 0.346 e. The lowest BCUT2D eigenvalue weighted by atomic mass is 10.1. The van der Waals surface area contributed by atoms with E-state index in [2.05, 4.69) is 4.74 Å². The number of methoxy groups -OCH3 is 3. The van der Waals surface area contributed by atoms with Crippen molar-refractivity contribution in [1.82, 2.24) is 0 Å². The van der Waals surface area contributed by atoms with Gasteiger partial charge in [0.15, 0.2) is 11.9 Å². The summed E-state index contributed by atoms with van der Waals surface area (Å²) in [7, 11) is 4.39. The first-order valence-electron chi connectivity index (χ1n) is 8.51. The summed E-state index contributed by atoms with van der Waals surface area (Å²) in [6.45, 7) is 1.57. The standard InChI is InChI=1S/C21H20O7/c1-12(21(23)26-4)27-15-5-7-16-18(11-15)28-19(20(16)22)10-13-9-14(24-2)6-8-17(13)25-3/h5-12H,1-4H3/b19-10-. The van der Waals surface area contributed by atoms with E-state index >= 15 is 0 Å². The number of carbonyl (C=O) groups excluding carboxylic acids is 2. The molecular weight excluding hydrogens is 364 g/mol. The maximum Gasteiger partial charge on any atom is 0.346 e. The molecule has 1 heterocycles. The van der Waals surface area contributed by atoms with E-state index < -0.39 is 12.1 Å². The van der Waals surface area contributed by atoms with Gasteiger partial charge < -0.3 is 23.7 Å². The molecule has 0 fully saturated rings. The highest BCUT2D eigenvalue weighted by molar-refractivity contribution is 6.14. The summed E-state index contributed by atoms with van der Waals surface area (Å²) in [4.78, 5) is 24.2. The Kier molecular flexibility index (Phi) is 5.54. The highest BCUT2D eigenvalue weighted by Crippen LogP contribution is 2.36. The molecule has 0 N–H and O–H groups in total. The summed E-state index contributed by atoms with van der Waals surface area (Å²) in [5, 5.41) is 0. The molecule has 0 saturated heterocycles. The summed E-state index contributed by atoms with van der Waals surface area (Å²) in [5.41, 5.74) is 1.06. The van der Waals surface area contributed by atoms with Gasteiger partial charge in [0, 0.05) is 11.6 Å². The van der Waals surface area contributed by atoms with Crippen LogP contribution in [0, 0.1) is 0 Å². The molecule has 0 aliphatic carbocycles. The molecule has 1 aliphatic rings. The van der Waals surface area contributed by atoms with Crippen LogP contribution < -0.4 is 18.9 Å². The van der Waals surface area contributed by atoms with E-state index in [-0.39, 0.29) is 11.5 Å². The molecule has 7 nitrogen and oxygen atoms in total. The molecule has 1 unspecified atom stereocenters. The molecule has 1 aliphatic heterocycles. The van der Waals surface area contributed by atoms with E-state index in [0.29, 0.717) is 34.1 Å². The van der Waals surface area contributed by atoms with E-state index in [1.807, 2.05) is 0 Å². The van der Waals surface area contributed by atoms with Crippen LogP contribution >= 0.6 is 0 Å². The second kappa shape index (κ2) is 8.04. The van der Waals surface area contributed by atoms with Gasteiger partial charge in [0.1, 0.15) is 23.0 Å². The molecule has 0 bridgehead atoms. The van der Waals surface area contributed by atoms with Crippen LogP contribution in [0.2, 0.25) is 0 Å². The van der Waals surface area contributed by atoms with Gasteiger partial charge in [-0.2, -0.15) is 0 Å². The third-order valence-electron chi connectivity index (χ3n) is 4.21. The van der Waals surface area contributed by atoms with Crippen molar-refractivity contribution in [3.8, 4) is 23.0 Å². The van der Waals surface area contributed by atoms with E-state index in [0.717, 1.165) is 0 Å². The number of rotatable bonds is 6. The van der Waals surface area contributed by atoms with E-state index in [1.165, 1.54) is 7.11 Å². The number of hydrogen-bond acceptors (Lipinski definition) is 7. The Bertz CT molecular complexity index is 946. The third kappa shape index (κ3) is 3.78. The minimum atomic E-state index is -0.781. The van der Waals surface area contributed by atoms with Crippen LogP contribution in [0.25, 0.3) is 6.08 Å². The predicted octanol–water partition coefficient (Wildman–Crippen LogP) is 3.26. The largest absolute Gasteiger partial charge is 0.497 e. The van der Waals surface area contributed by atoms with Crippen molar-refractivity contribution < 1.29 is 33.3 Å².